The largest absolute Gasteiger partial charge is 1.00 e. The van der Waals surface area contributed by atoms with Crippen LogP contribution in [0, 0.1) is 0 Å². The van der Waals surface area contributed by atoms with Crippen molar-refractivity contribution in [1.29, 1.82) is 0 Å². The molecule has 29 heavy (non-hydrogen) atoms. The SMILES string of the molecule is CCCCCCCCCCCCC(CCCCCCC(O)CCC)S(=O)(=O)[O-].[Na+]. The van der Waals surface area contributed by atoms with Crippen LogP contribution in [0.25, 0.3) is 0 Å². The number of hydrogen-bond donors (Lipinski definition) is 1. The summed E-state index contributed by atoms with van der Waals surface area (Å²) in [5.41, 5.74) is 0. The van der Waals surface area contributed by atoms with Crippen LogP contribution in [0.3, 0.4) is 0 Å². The Morgan fingerprint density at radius 3 is 1.38 bits per heavy atom. The minimum absolute atomic E-state index is 0. The summed E-state index contributed by atoms with van der Waals surface area (Å²) >= 11 is 0. The first kappa shape index (κ1) is 32.1. The summed E-state index contributed by atoms with van der Waals surface area (Å²) in [7, 11) is -4.18. The fourth-order valence-electron chi connectivity index (χ4n) is 3.88. The Bertz CT molecular complexity index is 429. The molecule has 2 unspecified atom stereocenters. The molecule has 0 heterocycles. The summed E-state index contributed by atoms with van der Waals surface area (Å²) in [6.07, 6.45) is 19.4. The molecular formula is C23H47NaO4S. The Labute approximate surface area is 204 Å². The van der Waals surface area contributed by atoms with E-state index >= 15 is 0 Å². The molecule has 170 valence electrons. The zero-order valence-electron chi connectivity index (χ0n) is 19.7. The van der Waals surface area contributed by atoms with Crippen LogP contribution in [-0.4, -0.2) is 29.4 Å². The van der Waals surface area contributed by atoms with Crippen molar-refractivity contribution < 1.29 is 47.6 Å². The molecule has 0 aromatic rings. The molecule has 0 aliphatic heterocycles. The van der Waals surface area contributed by atoms with Crippen molar-refractivity contribution in [2.45, 2.75) is 147 Å². The van der Waals surface area contributed by atoms with E-state index in [2.05, 4.69) is 13.8 Å². The number of aliphatic hydroxyl groups excluding tert-OH is 1. The van der Waals surface area contributed by atoms with E-state index in [1.807, 2.05) is 0 Å². The Balaban J connectivity index is 0. The third-order valence-electron chi connectivity index (χ3n) is 5.72. The first-order valence-electron chi connectivity index (χ1n) is 12.0. The van der Waals surface area contributed by atoms with Gasteiger partial charge in [0, 0.05) is 5.25 Å². The van der Waals surface area contributed by atoms with Crippen molar-refractivity contribution in [2.24, 2.45) is 0 Å². The maximum Gasteiger partial charge on any atom is 1.00 e. The molecule has 0 fully saturated rings. The molecule has 4 nitrogen and oxygen atoms in total. The minimum Gasteiger partial charge on any atom is -0.748 e. The van der Waals surface area contributed by atoms with Crippen molar-refractivity contribution >= 4 is 10.1 Å². The second kappa shape index (κ2) is 22.1. The van der Waals surface area contributed by atoms with Crippen molar-refractivity contribution in [3.8, 4) is 0 Å². The van der Waals surface area contributed by atoms with Gasteiger partial charge in [0.1, 0.15) is 0 Å². The summed E-state index contributed by atoms with van der Waals surface area (Å²) in [4.78, 5) is 0. The Morgan fingerprint density at radius 1 is 0.621 bits per heavy atom. The van der Waals surface area contributed by atoms with Gasteiger partial charge in [-0.25, -0.2) is 8.42 Å². The molecule has 0 amide bonds. The predicted octanol–water partition coefficient (Wildman–Crippen LogP) is 3.72. The van der Waals surface area contributed by atoms with Gasteiger partial charge in [-0.05, 0) is 25.7 Å². The fourth-order valence-corrected chi connectivity index (χ4v) is 4.79. The summed E-state index contributed by atoms with van der Waals surface area (Å²) in [6, 6.07) is 0. The van der Waals surface area contributed by atoms with Crippen molar-refractivity contribution in [3.63, 3.8) is 0 Å². The average Bonchev–Trinajstić information content (AvgIpc) is 2.63. The number of hydrogen-bond acceptors (Lipinski definition) is 4. The smallest absolute Gasteiger partial charge is 0.748 e. The van der Waals surface area contributed by atoms with Crippen LogP contribution in [0.4, 0.5) is 0 Å². The zero-order valence-corrected chi connectivity index (χ0v) is 22.5. The molecule has 2 atom stereocenters. The average molecular weight is 443 g/mol. The Kier molecular flexibility index (Phi) is 24.4. The monoisotopic (exact) mass is 442 g/mol. The molecule has 0 aliphatic rings. The summed E-state index contributed by atoms with van der Waals surface area (Å²) in [6.45, 7) is 4.30. The Morgan fingerprint density at radius 2 is 1.00 bits per heavy atom. The van der Waals surface area contributed by atoms with Gasteiger partial charge in [0.25, 0.3) is 0 Å². The molecule has 0 saturated carbocycles. The summed E-state index contributed by atoms with van der Waals surface area (Å²) < 4.78 is 34.5. The van der Waals surface area contributed by atoms with Gasteiger partial charge in [0.05, 0.1) is 16.2 Å². The minimum atomic E-state index is -4.18. The van der Waals surface area contributed by atoms with E-state index in [9.17, 15) is 18.1 Å². The molecule has 0 bridgehead atoms. The fraction of sp³-hybridized carbons (Fsp3) is 1.00. The summed E-state index contributed by atoms with van der Waals surface area (Å²) in [5.74, 6) is 0. The molecule has 1 N–H and O–H groups in total. The third-order valence-corrected chi connectivity index (χ3v) is 7.01. The van der Waals surface area contributed by atoms with E-state index in [1.165, 1.54) is 44.9 Å². The van der Waals surface area contributed by atoms with Crippen LogP contribution in [0.15, 0.2) is 0 Å². The van der Waals surface area contributed by atoms with Crippen LogP contribution in [0.5, 0.6) is 0 Å². The van der Waals surface area contributed by atoms with E-state index in [0.717, 1.165) is 64.2 Å². The molecule has 0 aliphatic carbocycles. The maximum atomic E-state index is 11.5. The summed E-state index contributed by atoms with van der Waals surface area (Å²) in [5, 5.41) is 9.00. The molecule has 0 aromatic carbocycles. The number of unbranched alkanes of at least 4 members (excludes halogenated alkanes) is 12. The van der Waals surface area contributed by atoms with Gasteiger partial charge in [-0.2, -0.15) is 0 Å². The van der Waals surface area contributed by atoms with Gasteiger partial charge in [0.2, 0.25) is 0 Å². The van der Waals surface area contributed by atoms with Crippen LogP contribution < -0.4 is 29.6 Å². The predicted molar refractivity (Wildman–Crippen MR) is 119 cm³/mol. The van der Waals surface area contributed by atoms with Gasteiger partial charge < -0.3 is 9.66 Å². The van der Waals surface area contributed by atoms with E-state index in [4.69, 9.17) is 0 Å². The first-order chi connectivity index (χ1) is 13.4. The Hall–Kier alpha value is 0.870. The molecular weight excluding hydrogens is 395 g/mol. The molecule has 0 aromatic heterocycles. The van der Waals surface area contributed by atoms with Gasteiger partial charge in [-0.15, -0.1) is 0 Å². The van der Waals surface area contributed by atoms with Gasteiger partial charge in [-0.1, -0.05) is 110 Å². The standard InChI is InChI=1S/C23H48O4S.Na/c1-3-5-6-7-8-9-10-11-12-16-20-23(28(25,26)27)21-17-14-13-15-19-22(24)18-4-2;/h22-24H,3-21H2,1-2H3,(H,25,26,27);/q;+1/p-1. The second-order valence-corrected chi connectivity index (χ2v) is 10.2. The topological polar surface area (TPSA) is 77.4 Å². The van der Waals surface area contributed by atoms with Crippen LogP contribution in [0.1, 0.15) is 136 Å². The zero-order chi connectivity index (χ0) is 21.1. The molecule has 0 saturated heterocycles. The number of rotatable bonds is 21. The van der Waals surface area contributed by atoms with E-state index in [1.54, 1.807) is 0 Å². The molecule has 0 spiro atoms. The van der Waals surface area contributed by atoms with Crippen molar-refractivity contribution in [1.82, 2.24) is 0 Å². The van der Waals surface area contributed by atoms with Crippen molar-refractivity contribution in [2.75, 3.05) is 0 Å². The first-order valence-corrected chi connectivity index (χ1v) is 13.5. The van der Waals surface area contributed by atoms with Crippen LogP contribution >= 0.6 is 0 Å². The molecule has 0 radical (unpaired) electrons. The van der Waals surface area contributed by atoms with E-state index in [-0.39, 0.29) is 35.7 Å². The van der Waals surface area contributed by atoms with E-state index in [0.29, 0.717) is 12.8 Å². The van der Waals surface area contributed by atoms with Gasteiger partial charge >= 0.3 is 29.6 Å². The van der Waals surface area contributed by atoms with E-state index < -0.39 is 15.4 Å². The van der Waals surface area contributed by atoms with Crippen molar-refractivity contribution in [3.05, 3.63) is 0 Å². The normalized spacial score (nSPS) is 13.8. The van der Waals surface area contributed by atoms with Crippen LogP contribution in [0.2, 0.25) is 0 Å². The third kappa shape index (κ3) is 21.9. The number of aliphatic hydroxyl groups is 1. The van der Waals surface area contributed by atoms with Crippen LogP contribution in [-0.2, 0) is 10.1 Å². The second-order valence-electron chi connectivity index (χ2n) is 8.52. The maximum absolute atomic E-state index is 11.5. The van der Waals surface area contributed by atoms with Gasteiger partial charge in [0.15, 0.2) is 0 Å². The quantitative estimate of drug-likeness (QED) is 0.167. The molecule has 0 rings (SSSR count). The molecule has 6 heteroatoms. The van der Waals surface area contributed by atoms with Gasteiger partial charge in [-0.3, -0.25) is 0 Å².